The normalized spacial score (nSPS) is 15.7. The standard InChI is InChI=1S/C12H25NO2/c1-8(2)6-7-10(5)13-11(9(3)4)12(14)15/h8-11,13H,6-7H2,1-5H3,(H,14,15). The zero-order valence-electron chi connectivity index (χ0n) is 10.6. The van der Waals surface area contributed by atoms with E-state index in [0.29, 0.717) is 5.92 Å². The van der Waals surface area contributed by atoms with E-state index >= 15 is 0 Å². The van der Waals surface area contributed by atoms with Crippen molar-refractivity contribution in [3.05, 3.63) is 0 Å². The Balaban J connectivity index is 4.00. The number of carbonyl (C=O) groups is 1. The van der Waals surface area contributed by atoms with Crippen molar-refractivity contribution in [2.75, 3.05) is 0 Å². The number of aliphatic carboxylic acids is 1. The van der Waals surface area contributed by atoms with Crippen LogP contribution < -0.4 is 5.32 Å². The molecule has 0 spiro atoms. The van der Waals surface area contributed by atoms with Gasteiger partial charge < -0.3 is 10.4 Å². The van der Waals surface area contributed by atoms with Crippen molar-refractivity contribution in [3.63, 3.8) is 0 Å². The Morgan fingerprint density at radius 1 is 1.13 bits per heavy atom. The van der Waals surface area contributed by atoms with Gasteiger partial charge in [-0.25, -0.2) is 0 Å². The van der Waals surface area contributed by atoms with Gasteiger partial charge in [-0.3, -0.25) is 4.79 Å². The zero-order valence-corrected chi connectivity index (χ0v) is 10.6. The molecule has 0 saturated heterocycles. The van der Waals surface area contributed by atoms with Crippen LogP contribution in [-0.4, -0.2) is 23.2 Å². The second-order valence-corrected chi connectivity index (χ2v) is 5.10. The molecular formula is C12H25NO2. The maximum atomic E-state index is 11.0. The van der Waals surface area contributed by atoms with E-state index in [1.165, 1.54) is 0 Å². The lowest BCUT2D eigenvalue weighted by molar-refractivity contribution is -0.140. The number of rotatable bonds is 7. The summed E-state index contributed by atoms with van der Waals surface area (Å²) in [7, 11) is 0. The molecule has 0 aliphatic rings. The molecule has 3 nitrogen and oxygen atoms in total. The van der Waals surface area contributed by atoms with Crippen LogP contribution >= 0.6 is 0 Å². The van der Waals surface area contributed by atoms with E-state index in [-0.39, 0.29) is 12.0 Å². The first-order valence-corrected chi connectivity index (χ1v) is 5.83. The summed E-state index contributed by atoms with van der Waals surface area (Å²) in [6.07, 6.45) is 2.17. The Labute approximate surface area is 93.3 Å². The molecule has 0 saturated carbocycles. The summed E-state index contributed by atoms with van der Waals surface area (Å²) in [6.45, 7) is 10.3. The van der Waals surface area contributed by atoms with Gasteiger partial charge in [0.15, 0.2) is 0 Å². The molecule has 0 bridgehead atoms. The highest BCUT2D eigenvalue weighted by Gasteiger charge is 2.22. The molecule has 0 rings (SSSR count). The second kappa shape index (κ2) is 6.83. The fraction of sp³-hybridized carbons (Fsp3) is 0.917. The number of carboxylic acids is 1. The number of nitrogens with one attached hydrogen (secondary N) is 1. The van der Waals surface area contributed by atoms with E-state index < -0.39 is 12.0 Å². The highest BCUT2D eigenvalue weighted by molar-refractivity contribution is 5.73. The third kappa shape index (κ3) is 6.50. The first-order chi connectivity index (χ1) is 6.84. The molecule has 2 atom stereocenters. The van der Waals surface area contributed by atoms with E-state index in [1.54, 1.807) is 0 Å². The third-order valence-corrected chi connectivity index (χ3v) is 2.57. The van der Waals surface area contributed by atoms with E-state index in [4.69, 9.17) is 5.11 Å². The molecule has 0 aromatic heterocycles. The summed E-state index contributed by atoms with van der Waals surface area (Å²) in [5.41, 5.74) is 0. The van der Waals surface area contributed by atoms with Crippen LogP contribution in [0.5, 0.6) is 0 Å². The van der Waals surface area contributed by atoms with Crippen molar-refractivity contribution < 1.29 is 9.90 Å². The van der Waals surface area contributed by atoms with E-state index in [9.17, 15) is 4.79 Å². The predicted octanol–water partition coefficient (Wildman–Crippen LogP) is 2.51. The van der Waals surface area contributed by atoms with Gasteiger partial charge in [-0.1, -0.05) is 27.7 Å². The summed E-state index contributed by atoms with van der Waals surface area (Å²) in [4.78, 5) is 11.0. The summed E-state index contributed by atoms with van der Waals surface area (Å²) in [6, 6.07) is -0.150. The SMILES string of the molecule is CC(C)CCC(C)NC(C(=O)O)C(C)C. The van der Waals surface area contributed by atoms with Crippen LogP contribution in [0, 0.1) is 11.8 Å². The lowest BCUT2D eigenvalue weighted by Crippen LogP contribution is -2.45. The van der Waals surface area contributed by atoms with Gasteiger partial charge >= 0.3 is 5.97 Å². The van der Waals surface area contributed by atoms with Crippen LogP contribution in [0.4, 0.5) is 0 Å². The lowest BCUT2D eigenvalue weighted by atomic mass is 10.0. The molecule has 15 heavy (non-hydrogen) atoms. The Hall–Kier alpha value is -0.570. The number of hydrogen-bond donors (Lipinski definition) is 2. The number of carboxylic acid groups (broad SMARTS) is 1. The molecule has 0 fully saturated rings. The van der Waals surface area contributed by atoms with Gasteiger partial charge in [0.25, 0.3) is 0 Å². The third-order valence-electron chi connectivity index (χ3n) is 2.57. The van der Waals surface area contributed by atoms with Gasteiger partial charge in [-0.05, 0) is 31.6 Å². The smallest absolute Gasteiger partial charge is 0.320 e. The maximum absolute atomic E-state index is 11.0. The van der Waals surface area contributed by atoms with Crippen molar-refractivity contribution in [2.24, 2.45) is 11.8 Å². The largest absolute Gasteiger partial charge is 0.480 e. The molecule has 90 valence electrons. The molecule has 2 N–H and O–H groups in total. The Bertz CT molecular complexity index is 190. The van der Waals surface area contributed by atoms with Crippen LogP contribution in [0.25, 0.3) is 0 Å². The van der Waals surface area contributed by atoms with Crippen LogP contribution in [0.15, 0.2) is 0 Å². The topological polar surface area (TPSA) is 49.3 Å². The quantitative estimate of drug-likeness (QED) is 0.686. The zero-order chi connectivity index (χ0) is 12.0. The van der Waals surface area contributed by atoms with Crippen molar-refractivity contribution in [1.82, 2.24) is 5.32 Å². The van der Waals surface area contributed by atoms with Gasteiger partial charge in [0.05, 0.1) is 0 Å². The minimum Gasteiger partial charge on any atom is -0.480 e. The molecule has 0 aliphatic carbocycles. The van der Waals surface area contributed by atoms with E-state index in [1.807, 2.05) is 13.8 Å². The highest BCUT2D eigenvalue weighted by Crippen LogP contribution is 2.09. The van der Waals surface area contributed by atoms with Gasteiger partial charge in [-0.15, -0.1) is 0 Å². The Morgan fingerprint density at radius 2 is 1.67 bits per heavy atom. The Morgan fingerprint density at radius 3 is 2.00 bits per heavy atom. The molecule has 3 heteroatoms. The average molecular weight is 215 g/mol. The molecular weight excluding hydrogens is 190 g/mol. The highest BCUT2D eigenvalue weighted by atomic mass is 16.4. The van der Waals surface area contributed by atoms with Crippen LogP contribution in [0.3, 0.4) is 0 Å². The van der Waals surface area contributed by atoms with Crippen molar-refractivity contribution in [2.45, 2.75) is 59.5 Å². The van der Waals surface area contributed by atoms with Crippen LogP contribution in [0.1, 0.15) is 47.5 Å². The van der Waals surface area contributed by atoms with E-state index in [2.05, 4.69) is 26.1 Å². The second-order valence-electron chi connectivity index (χ2n) is 5.10. The van der Waals surface area contributed by atoms with Gasteiger partial charge in [0, 0.05) is 6.04 Å². The maximum Gasteiger partial charge on any atom is 0.320 e. The van der Waals surface area contributed by atoms with Crippen molar-refractivity contribution in [3.8, 4) is 0 Å². The predicted molar refractivity (Wildman–Crippen MR) is 62.9 cm³/mol. The first-order valence-electron chi connectivity index (χ1n) is 5.83. The van der Waals surface area contributed by atoms with Crippen LogP contribution in [-0.2, 0) is 4.79 Å². The first kappa shape index (κ1) is 14.4. The van der Waals surface area contributed by atoms with Crippen LogP contribution in [0.2, 0.25) is 0 Å². The van der Waals surface area contributed by atoms with Gasteiger partial charge in [0.1, 0.15) is 6.04 Å². The minimum absolute atomic E-state index is 0.129. The number of hydrogen-bond acceptors (Lipinski definition) is 2. The Kier molecular flexibility index (Phi) is 6.57. The van der Waals surface area contributed by atoms with Crippen molar-refractivity contribution in [1.29, 1.82) is 0 Å². The van der Waals surface area contributed by atoms with Crippen molar-refractivity contribution >= 4 is 5.97 Å². The fourth-order valence-electron chi connectivity index (χ4n) is 1.52. The molecule has 0 amide bonds. The summed E-state index contributed by atoms with van der Waals surface area (Å²) in [5.74, 6) is 0.0574. The van der Waals surface area contributed by atoms with E-state index in [0.717, 1.165) is 12.8 Å². The lowest BCUT2D eigenvalue weighted by Gasteiger charge is -2.23. The average Bonchev–Trinajstić information content (AvgIpc) is 2.09. The molecule has 2 unspecified atom stereocenters. The monoisotopic (exact) mass is 215 g/mol. The molecule has 0 aromatic rings. The molecule has 0 aromatic carbocycles. The molecule has 0 aliphatic heterocycles. The fourth-order valence-corrected chi connectivity index (χ4v) is 1.52. The molecule has 0 radical (unpaired) electrons. The summed E-state index contributed by atoms with van der Waals surface area (Å²) < 4.78 is 0. The summed E-state index contributed by atoms with van der Waals surface area (Å²) >= 11 is 0. The summed E-state index contributed by atoms with van der Waals surface area (Å²) in [5, 5.41) is 12.2. The van der Waals surface area contributed by atoms with Gasteiger partial charge in [-0.2, -0.15) is 0 Å². The molecule has 0 heterocycles. The minimum atomic E-state index is -0.749. The van der Waals surface area contributed by atoms with Gasteiger partial charge in [0.2, 0.25) is 0 Å².